The van der Waals surface area contributed by atoms with Gasteiger partial charge in [0, 0.05) is 4.88 Å². The van der Waals surface area contributed by atoms with Gasteiger partial charge < -0.3 is 10.5 Å². The number of hydrogen-bond acceptors (Lipinski definition) is 3. The maximum atomic E-state index is 5.65. The second-order valence-electron chi connectivity index (χ2n) is 3.37. The van der Waals surface area contributed by atoms with E-state index >= 15 is 0 Å². The number of nitrogens with two attached hydrogens (primary N) is 1. The first-order valence-corrected chi connectivity index (χ1v) is 6.15. The molecule has 0 aliphatic carbocycles. The first-order chi connectivity index (χ1) is 8.38. The fourth-order valence-electron chi connectivity index (χ4n) is 1.33. The molecular weight excluding hydrogens is 230 g/mol. The van der Waals surface area contributed by atoms with E-state index in [2.05, 4.69) is 11.8 Å². The molecule has 0 saturated heterocycles. The second-order valence-corrected chi connectivity index (χ2v) is 4.54. The molecule has 0 aliphatic rings. The summed E-state index contributed by atoms with van der Waals surface area (Å²) in [5.41, 5.74) is 5.32. The summed E-state index contributed by atoms with van der Waals surface area (Å²) < 4.78 is 5.65. The summed E-state index contributed by atoms with van der Waals surface area (Å²) in [5.74, 6) is 6.73. The Labute approximate surface area is 105 Å². The lowest BCUT2D eigenvalue weighted by atomic mass is 10.3. The summed E-state index contributed by atoms with van der Waals surface area (Å²) in [4.78, 5) is 2.19. The molecule has 0 radical (unpaired) electrons. The van der Waals surface area contributed by atoms with Crippen LogP contribution in [0.3, 0.4) is 0 Å². The van der Waals surface area contributed by atoms with Crippen LogP contribution in [0.15, 0.2) is 42.5 Å². The molecule has 0 aliphatic heterocycles. The topological polar surface area (TPSA) is 35.2 Å². The lowest BCUT2D eigenvalue weighted by Gasteiger charge is -2.02. The molecule has 0 spiro atoms. The third-order valence-corrected chi connectivity index (χ3v) is 3.07. The van der Waals surface area contributed by atoms with E-state index in [0.717, 1.165) is 15.5 Å². The highest BCUT2D eigenvalue weighted by Gasteiger charge is 1.99. The van der Waals surface area contributed by atoms with Crippen molar-refractivity contribution in [1.82, 2.24) is 0 Å². The van der Waals surface area contributed by atoms with E-state index in [1.54, 1.807) is 11.3 Å². The van der Waals surface area contributed by atoms with Crippen molar-refractivity contribution in [3.05, 3.63) is 52.2 Å². The number of thiophene rings is 1. The summed E-state index contributed by atoms with van der Waals surface area (Å²) in [6.07, 6.45) is 0. The molecule has 2 N–H and O–H groups in total. The van der Waals surface area contributed by atoms with Crippen LogP contribution < -0.4 is 10.5 Å². The molecule has 0 amide bonds. The molecule has 1 aromatic carbocycles. The Balaban J connectivity index is 1.94. The molecule has 17 heavy (non-hydrogen) atoms. The summed E-state index contributed by atoms with van der Waals surface area (Å²) in [6, 6.07) is 13.8. The average Bonchev–Trinajstić information content (AvgIpc) is 2.83. The van der Waals surface area contributed by atoms with Gasteiger partial charge in [-0.1, -0.05) is 30.0 Å². The molecule has 1 heterocycles. The smallest absolute Gasteiger partial charge is 0.122 e. The molecule has 0 saturated carbocycles. The van der Waals surface area contributed by atoms with Crippen molar-refractivity contribution in [2.24, 2.45) is 5.73 Å². The van der Waals surface area contributed by atoms with Gasteiger partial charge in [0.05, 0.1) is 11.4 Å². The van der Waals surface area contributed by atoms with Gasteiger partial charge in [-0.25, -0.2) is 0 Å². The molecule has 2 aromatic rings. The van der Waals surface area contributed by atoms with Crippen molar-refractivity contribution in [2.75, 3.05) is 6.54 Å². The van der Waals surface area contributed by atoms with Crippen molar-refractivity contribution in [1.29, 1.82) is 0 Å². The van der Waals surface area contributed by atoms with Crippen LogP contribution in [0.2, 0.25) is 0 Å². The van der Waals surface area contributed by atoms with Crippen molar-refractivity contribution < 1.29 is 4.74 Å². The predicted molar refractivity (Wildman–Crippen MR) is 71.0 cm³/mol. The number of hydrogen-bond donors (Lipinski definition) is 1. The third-order valence-electron chi connectivity index (χ3n) is 2.10. The van der Waals surface area contributed by atoms with E-state index in [9.17, 15) is 0 Å². The van der Waals surface area contributed by atoms with Gasteiger partial charge in [-0.15, -0.1) is 11.3 Å². The predicted octanol–water partition coefficient (Wildman–Crippen LogP) is 2.64. The highest BCUT2D eigenvalue weighted by Crippen LogP contribution is 2.18. The zero-order chi connectivity index (χ0) is 11.9. The third kappa shape index (κ3) is 3.63. The molecule has 0 atom stereocenters. The van der Waals surface area contributed by atoms with Gasteiger partial charge in [0.15, 0.2) is 0 Å². The molecule has 0 fully saturated rings. The van der Waals surface area contributed by atoms with Gasteiger partial charge in [-0.05, 0) is 24.3 Å². The van der Waals surface area contributed by atoms with Gasteiger partial charge in [0.25, 0.3) is 0 Å². The number of benzene rings is 1. The maximum Gasteiger partial charge on any atom is 0.122 e. The average molecular weight is 243 g/mol. The Morgan fingerprint density at radius 2 is 1.94 bits per heavy atom. The fourth-order valence-corrected chi connectivity index (χ4v) is 2.13. The van der Waals surface area contributed by atoms with Gasteiger partial charge >= 0.3 is 0 Å². The summed E-state index contributed by atoms with van der Waals surface area (Å²) in [7, 11) is 0. The van der Waals surface area contributed by atoms with Crippen molar-refractivity contribution in [2.45, 2.75) is 6.61 Å². The van der Waals surface area contributed by atoms with Gasteiger partial charge in [-0.2, -0.15) is 0 Å². The quantitative estimate of drug-likeness (QED) is 0.841. The van der Waals surface area contributed by atoms with E-state index in [4.69, 9.17) is 10.5 Å². The van der Waals surface area contributed by atoms with Gasteiger partial charge in [0.1, 0.15) is 12.4 Å². The van der Waals surface area contributed by atoms with E-state index in [1.165, 1.54) is 0 Å². The Hall–Kier alpha value is -1.76. The zero-order valence-electron chi connectivity index (χ0n) is 9.35. The number of para-hydroxylation sites is 1. The normalized spacial score (nSPS) is 9.47. The summed E-state index contributed by atoms with van der Waals surface area (Å²) >= 11 is 1.64. The van der Waals surface area contributed by atoms with Crippen LogP contribution in [-0.4, -0.2) is 6.54 Å². The lowest BCUT2D eigenvalue weighted by Crippen LogP contribution is -1.92. The van der Waals surface area contributed by atoms with E-state index < -0.39 is 0 Å². The van der Waals surface area contributed by atoms with Crippen molar-refractivity contribution >= 4 is 11.3 Å². The minimum Gasteiger partial charge on any atom is -0.488 e. The molecule has 2 rings (SSSR count). The van der Waals surface area contributed by atoms with Crippen LogP contribution in [0.4, 0.5) is 0 Å². The highest BCUT2D eigenvalue weighted by atomic mass is 32.1. The highest BCUT2D eigenvalue weighted by molar-refractivity contribution is 7.12. The molecule has 2 nitrogen and oxygen atoms in total. The Morgan fingerprint density at radius 1 is 1.12 bits per heavy atom. The SMILES string of the molecule is NCC#Cc1ccc(COc2ccccc2)s1. The zero-order valence-corrected chi connectivity index (χ0v) is 10.2. The second kappa shape index (κ2) is 6.09. The van der Waals surface area contributed by atoms with E-state index in [1.807, 2.05) is 42.5 Å². The van der Waals surface area contributed by atoms with E-state index in [-0.39, 0.29) is 0 Å². The van der Waals surface area contributed by atoms with Crippen LogP contribution >= 0.6 is 11.3 Å². The van der Waals surface area contributed by atoms with Crippen LogP contribution in [-0.2, 0) is 6.61 Å². The standard InChI is InChI=1S/C14H13NOS/c15-10-4-7-13-8-9-14(17-13)11-16-12-5-2-1-3-6-12/h1-3,5-6,8-9H,10-11,15H2. The molecular formula is C14H13NOS. The molecule has 0 unspecified atom stereocenters. The van der Waals surface area contributed by atoms with Gasteiger partial charge in [0.2, 0.25) is 0 Å². The minimum atomic E-state index is 0.397. The molecule has 0 bridgehead atoms. The van der Waals surface area contributed by atoms with E-state index in [0.29, 0.717) is 13.2 Å². The first-order valence-electron chi connectivity index (χ1n) is 5.34. The monoisotopic (exact) mass is 243 g/mol. The number of ether oxygens (including phenoxy) is 1. The lowest BCUT2D eigenvalue weighted by molar-refractivity contribution is 0.310. The summed E-state index contributed by atoms with van der Waals surface area (Å²) in [6.45, 7) is 0.979. The first kappa shape index (κ1) is 11.7. The molecule has 1 aromatic heterocycles. The minimum absolute atomic E-state index is 0.397. The maximum absolute atomic E-state index is 5.65. The fraction of sp³-hybridized carbons (Fsp3) is 0.143. The molecule has 3 heteroatoms. The summed E-state index contributed by atoms with van der Waals surface area (Å²) in [5, 5.41) is 0. The largest absolute Gasteiger partial charge is 0.488 e. The van der Waals surface area contributed by atoms with Crippen molar-refractivity contribution in [3.8, 4) is 17.6 Å². The Morgan fingerprint density at radius 3 is 2.71 bits per heavy atom. The van der Waals surface area contributed by atoms with Crippen LogP contribution in [0.1, 0.15) is 9.75 Å². The van der Waals surface area contributed by atoms with Crippen LogP contribution in [0, 0.1) is 11.8 Å². The van der Waals surface area contributed by atoms with Crippen molar-refractivity contribution in [3.63, 3.8) is 0 Å². The van der Waals surface area contributed by atoms with Crippen LogP contribution in [0.25, 0.3) is 0 Å². The Kier molecular flexibility index (Phi) is 4.20. The molecule has 86 valence electrons. The Bertz CT molecular complexity index is 522. The van der Waals surface area contributed by atoms with Crippen LogP contribution in [0.5, 0.6) is 5.75 Å². The number of rotatable bonds is 3. The van der Waals surface area contributed by atoms with Gasteiger partial charge in [-0.3, -0.25) is 0 Å².